The van der Waals surface area contributed by atoms with E-state index in [0.717, 1.165) is 5.56 Å². The molecule has 0 amide bonds. The van der Waals surface area contributed by atoms with Crippen molar-refractivity contribution in [3.8, 4) is 0 Å². The smallest absolute Gasteiger partial charge is 0.335 e. The van der Waals surface area contributed by atoms with Gasteiger partial charge in [-0.05, 0) is 24.1 Å². The van der Waals surface area contributed by atoms with Crippen LogP contribution in [0.5, 0.6) is 0 Å². The van der Waals surface area contributed by atoms with Crippen LogP contribution in [0.1, 0.15) is 22.3 Å². The highest BCUT2D eigenvalue weighted by Crippen LogP contribution is 2.08. The Hall–Kier alpha value is -1.20. The summed E-state index contributed by atoms with van der Waals surface area (Å²) in [5.41, 5.74) is 0.952. The SMILES string of the molecule is O=C(O)c1cccc(CS(=O)CCCO)c1. The third-order valence-electron chi connectivity index (χ3n) is 2.03. The lowest BCUT2D eigenvalue weighted by Gasteiger charge is -2.02. The van der Waals surface area contributed by atoms with Crippen molar-refractivity contribution in [1.29, 1.82) is 0 Å². The van der Waals surface area contributed by atoms with Gasteiger partial charge in [0, 0.05) is 28.9 Å². The fourth-order valence-corrected chi connectivity index (χ4v) is 2.42. The summed E-state index contributed by atoms with van der Waals surface area (Å²) in [6.07, 6.45) is 0.505. The maximum absolute atomic E-state index is 11.5. The second-order valence-corrected chi connectivity index (χ2v) is 4.95. The highest BCUT2D eigenvalue weighted by Gasteiger charge is 2.05. The predicted molar refractivity (Wildman–Crippen MR) is 61.8 cm³/mol. The zero-order valence-electron chi connectivity index (χ0n) is 8.76. The van der Waals surface area contributed by atoms with Crippen LogP contribution in [0.2, 0.25) is 0 Å². The number of aliphatic hydroxyl groups excluding tert-OH is 1. The Morgan fingerprint density at radius 2 is 2.12 bits per heavy atom. The first kappa shape index (κ1) is 12.9. The highest BCUT2D eigenvalue weighted by molar-refractivity contribution is 7.84. The Morgan fingerprint density at radius 1 is 1.38 bits per heavy atom. The van der Waals surface area contributed by atoms with Crippen molar-refractivity contribution in [1.82, 2.24) is 0 Å². The summed E-state index contributed by atoms with van der Waals surface area (Å²) in [6.45, 7) is 0.0287. The third-order valence-corrected chi connectivity index (χ3v) is 3.43. The van der Waals surface area contributed by atoms with Crippen LogP contribution in [0.15, 0.2) is 24.3 Å². The zero-order valence-corrected chi connectivity index (χ0v) is 9.57. The fraction of sp³-hybridized carbons (Fsp3) is 0.364. The maximum atomic E-state index is 11.5. The molecule has 0 aliphatic rings. The molecule has 0 aliphatic carbocycles. The van der Waals surface area contributed by atoms with Crippen LogP contribution >= 0.6 is 0 Å². The van der Waals surface area contributed by atoms with Gasteiger partial charge in [0.25, 0.3) is 0 Å². The first-order chi connectivity index (χ1) is 7.63. The molecule has 1 aromatic rings. The van der Waals surface area contributed by atoms with Crippen LogP contribution in [-0.2, 0) is 16.6 Å². The van der Waals surface area contributed by atoms with Gasteiger partial charge >= 0.3 is 5.97 Å². The minimum atomic E-state index is -1.05. The lowest BCUT2D eigenvalue weighted by Crippen LogP contribution is -2.04. The van der Waals surface area contributed by atoms with Crippen LogP contribution in [0, 0.1) is 0 Å². The largest absolute Gasteiger partial charge is 0.478 e. The summed E-state index contributed by atoms with van der Waals surface area (Å²) < 4.78 is 11.5. The molecule has 0 aliphatic heterocycles. The normalized spacial score (nSPS) is 12.3. The second kappa shape index (κ2) is 6.40. The number of carboxylic acids is 1. The van der Waals surface area contributed by atoms with Crippen LogP contribution in [0.4, 0.5) is 0 Å². The van der Waals surface area contributed by atoms with E-state index in [1.807, 2.05) is 0 Å². The van der Waals surface area contributed by atoms with Crippen molar-refractivity contribution in [3.63, 3.8) is 0 Å². The minimum absolute atomic E-state index is 0.0287. The summed E-state index contributed by atoms with van der Waals surface area (Å²) in [7, 11) is -1.05. The van der Waals surface area contributed by atoms with E-state index in [9.17, 15) is 9.00 Å². The molecule has 2 N–H and O–H groups in total. The molecule has 16 heavy (non-hydrogen) atoms. The summed E-state index contributed by atoms with van der Waals surface area (Å²) in [6, 6.07) is 6.42. The van der Waals surface area contributed by atoms with E-state index in [1.54, 1.807) is 12.1 Å². The number of carbonyl (C=O) groups is 1. The molecule has 0 radical (unpaired) electrons. The van der Waals surface area contributed by atoms with Gasteiger partial charge in [-0.15, -0.1) is 0 Å². The van der Waals surface area contributed by atoms with Gasteiger partial charge in [-0.1, -0.05) is 12.1 Å². The molecule has 4 nitrogen and oxygen atoms in total. The quantitative estimate of drug-likeness (QED) is 0.781. The van der Waals surface area contributed by atoms with Gasteiger partial charge in [-0.3, -0.25) is 4.21 Å². The lowest BCUT2D eigenvalue weighted by atomic mass is 10.1. The van der Waals surface area contributed by atoms with E-state index in [2.05, 4.69) is 0 Å². The Bertz CT molecular complexity index is 389. The molecule has 0 heterocycles. The number of aromatic carboxylic acids is 1. The second-order valence-electron chi connectivity index (χ2n) is 3.37. The molecule has 0 spiro atoms. The first-order valence-corrected chi connectivity index (χ1v) is 6.40. The summed E-state index contributed by atoms with van der Waals surface area (Å²) >= 11 is 0. The van der Waals surface area contributed by atoms with Gasteiger partial charge in [-0.25, -0.2) is 4.79 Å². The average molecular weight is 242 g/mol. The van der Waals surface area contributed by atoms with Gasteiger partial charge in [0.2, 0.25) is 0 Å². The van der Waals surface area contributed by atoms with Crippen molar-refractivity contribution >= 4 is 16.8 Å². The lowest BCUT2D eigenvalue weighted by molar-refractivity contribution is 0.0696. The molecule has 1 unspecified atom stereocenters. The number of hydrogen-bond acceptors (Lipinski definition) is 3. The molecule has 0 aromatic heterocycles. The monoisotopic (exact) mass is 242 g/mol. The molecule has 0 fully saturated rings. The predicted octanol–water partition coefficient (Wildman–Crippen LogP) is 1.02. The molecule has 1 rings (SSSR count). The van der Waals surface area contributed by atoms with Crippen molar-refractivity contribution < 1.29 is 19.2 Å². The number of aliphatic hydroxyl groups is 1. The van der Waals surface area contributed by atoms with Crippen LogP contribution < -0.4 is 0 Å². The molecule has 5 heteroatoms. The molecule has 0 saturated carbocycles. The summed E-state index contributed by atoms with van der Waals surface area (Å²) in [5, 5.41) is 17.4. The van der Waals surface area contributed by atoms with E-state index in [1.165, 1.54) is 12.1 Å². The Kier molecular flexibility index (Phi) is 5.14. The van der Waals surface area contributed by atoms with Crippen LogP contribution in [0.25, 0.3) is 0 Å². The number of benzene rings is 1. The first-order valence-electron chi connectivity index (χ1n) is 4.91. The van der Waals surface area contributed by atoms with E-state index < -0.39 is 16.8 Å². The molecule has 1 aromatic carbocycles. The number of carboxylic acid groups (broad SMARTS) is 1. The van der Waals surface area contributed by atoms with Crippen LogP contribution in [-0.4, -0.2) is 32.8 Å². The fourth-order valence-electron chi connectivity index (χ4n) is 1.28. The summed E-state index contributed by atoms with van der Waals surface area (Å²) in [5.74, 6) is -0.211. The van der Waals surface area contributed by atoms with Gasteiger partial charge in [0.15, 0.2) is 0 Å². The van der Waals surface area contributed by atoms with Crippen molar-refractivity contribution in [2.75, 3.05) is 12.4 Å². The zero-order chi connectivity index (χ0) is 12.0. The van der Waals surface area contributed by atoms with E-state index in [4.69, 9.17) is 10.2 Å². The van der Waals surface area contributed by atoms with Gasteiger partial charge in [0.1, 0.15) is 0 Å². The maximum Gasteiger partial charge on any atom is 0.335 e. The molecule has 0 bridgehead atoms. The Morgan fingerprint density at radius 3 is 2.75 bits per heavy atom. The molecule has 88 valence electrons. The van der Waals surface area contributed by atoms with Gasteiger partial charge < -0.3 is 10.2 Å². The van der Waals surface area contributed by atoms with Gasteiger partial charge in [-0.2, -0.15) is 0 Å². The Balaban J connectivity index is 2.63. The molecule has 0 saturated heterocycles. The number of rotatable bonds is 6. The standard InChI is InChI=1S/C11H14O4S/c12-5-2-6-16(15)8-9-3-1-4-10(7-9)11(13)14/h1,3-4,7,12H,2,5-6,8H2,(H,13,14). The van der Waals surface area contributed by atoms with E-state index >= 15 is 0 Å². The van der Waals surface area contributed by atoms with Gasteiger partial charge in [0.05, 0.1) is 5.56 Å². The van der Waals surface area contributed by atoms with E-state index in [0.29, 0.717) is 17.9 Å². The van der Waals surface area contributed by atoms with Crippen LogP contribution in [0.3, 0.4) is 0 Å². The van der Waals surface area contributed by atoms with Crippen molar-refractivity contribution in [2.45, 2.75) is 12.2 Å². The van der Waals surface area contributed by atoms with Crippen molar-refractivity contribution in [2.24, 2.45) is 0 Å². The highest BCUT2D eigenvalue weighted by atomic mass is 32.2. The van der Waals surface area contributed by atoms with E-state index in [-0.39, 0.29) is 12.2 Å². The Labute approximate surface area is 96.4 Å². The minimum Gasteiger partial charge on any atom is -0.478 e. The number of hydrogen-bond donors (Lipinski definition) is 2. The average Bonchev–Trinajstić information content (AvgIpc) is 2.26. The molecule has 1 atom stereocenters. The van der Waals surface area contributed by atoms with Crippen molar-refractivity contribution in [3.05, 3.63) is 35.4 Å². The molecular weight excluding hydrogens is 228 g/mol. The third kappa shape index (κ3) is 4.12. The topological polar surface area (TPSA) is 74.6 Å². The molecular formula is C11H14O4S. The summed E-state index contributed by atoms with van der Waals surface area (Å²) in [4.78, 5) is 10.7.